The maximum absolute atomic E-state index is 13.3. The number of para-hydroxylation sites is 1. The molecule has 9 heteroatoms. The Balaban J connectivity index is 1.62. The highest BCUT2D eigenvalue weighted by molar-refractivity contribution is 7.99. The number of fused-ring (bicyclic) bond motifs is 1. The van der Waals surface area contributed by atoms with E-state index < -0.39 is 6.61 Å². The van der Waals surface area contributed by atoms with Crippen molar-refractivity contribution in [2.24, 2.45) is 0 Å². The summed E-state index contributed by atoms with van der Waals surface area (Å²) >= 11 is 1.14. The third-order valence-corrected chi connectivity index (χ3v) is 6.00. The van der Waals surface area contributed by atoms with Gasteiger partial charge in [-0.25, -0.2) is 4.98 Å². The number of hydrogen-bond donors (Lipinski definition) is 0. The third-order valence-electron chi connectivity index (χ3n) is 5.08. The van der Waals surface area contributed by atoms with Crippen LogP contribution < -0.4 is 10.3 Å². The maximum Gasteiger partial charge on any atom is 0.387 e. The van der Waals surface area contributed by atoms with Crippen LogP contribution in [0.5, 0.6) is 5.75 Å². The maximum atomic E-state index is 13.3. The Labute approximate surface area is 198 Å². The summed E-state index contributed by atoms with van der Waals surface area (Å²) in [6.07, 6.45) is 0. The highest BCUT2D eigenvalue weighted by Gasteiger charge is 2.17. The number of alkyl halides is 2. The molecule has 0 fully saturated rings. The van der Waals surface area contributed by atoms with E-state index in [1.54, 1.807) is 36.2 Å². The molecular weight excluding hydrogens is 460 g/mol. The Morgan fingerprint density at radius 3 is 2.41 bits per heavy atom. The van der Waals surface area contributed by atoms with Crippen molar-refractivity contribution >= 4 is 28.6 Å². The molecule has 3 aromatic carbocycles. The van der Waals surface area contributed by atoms with E-state index in [1.165, 1.54) is 28.8 Å². The van der Waals surface area contributed by atoms with Gasteiger partial charge < -0.3 is 9.64 Å². The summed E-state index contributed by atoms with van der Waals surface area (Å²) in [7, 11) is 1.72. The molecule has 0 aliphatic rings. The second kappa shape index (κ2) is 10.5. The van der Waals surface area contributed by atoms with Crippen LogP contribution in [0.15, 0.2) is 88.8 Å². The third kappa shape index (κ3) is 5.43. The van der Waals surface area contributed by atoms with Gasteiger partial charge >= 0.3 is 6.61 Å². The number of hydrogen-bond acceptors (Lipinski definition) is 5. The number of benzene rings is 3. The quantitative estimate of drug-likeness (QED) is 0.269. The van der Waals surface area contributed by atoms with Gasteiger partial charge in [-0.1, -0.05) is 54.2 Å². The molecule has 0 atom stereocenters. The minimum Gasteiger partial charge on any atom is -0.435 e. The zero-order chi connectivity index (χ0) is 24.1. The molecule has 4 rings (SSSR count). The molecule has 0 radical (unpaired) electrons. The lowest BCUT2D eigenvalue weighted by Crippen LogP contribution is -2.28. The average Bonchev–Trinajstić information content (AvgIpc) is 2.83. The van der Waals surface area contributed by atoms with Crippen LogP contribution in [0.4, 0.5) is 8.78 Å². The molecular formula is C25H21F2N3O3S. The fourth-order valence-corrected chi connectivity index (χ4v) is 4.35. The van der Waals surface area contributed by atoms with Gasteiger partial charge in [-0.15, -0.1) is 0 Å². The summed E-state index contributed by atoms with van der Waals surface area (Å²) < 4.78 is 30.8. The van der Waals surface area contributed by atoms with Crippen molar-refractivity contribution in [1.29, 1.82) is 0 Å². The van der Waals surface area contributed by atoms with Crippen molar-refractivity contribution in [3.63, 3.8) is 0 Å². The summed E-state index contributed by atoms with van der Waals surface area (Å²) in [5, 5.41) is 0.736. The van der Waals surface area contributed by atoms with Gasteiger partial charge in [0.2, 0.25) is 5.91 Å². The van der Waals surface area contributed by atoms with Crippen LogP contribution in [0.25, 0.3) is 16.6 Å². The Morgan fingerprint density at radius 2 is 1.71 bits per heavy atom. The first-order valence-corrected chi connectivity index (χ1v) is 11.4. The van der Waals surface area contributed by atoms with E-state index in [-0.39, 0.29) is 23.0 Å². The Morgan fingerprint density at radius 1 is 1.03 bits per heavy atom. The predicted octanol–water partition coefficient (Wildman–Crippen LogP) is 4.74. The van der Waals surface area contributed by atoms with Crippen molar-refractivity contribution < 1.29 is 18.3 Å². The monoisotopic (exact) mass is 481 g/mol. The number of carbonyl (C=O) groups excluding carboxylic acids is 1. The van der Waals surface area contributed by atoms with Gasteiger partial charge in [0.05, 0.1) is 22.3 Å². The first-order valence-electron chi connectivity index (χ1n) is 10.4. The van der Waals surface area contributed by atoms with E-state index in [9.17, 15) is 18.4 Å². The van der Waals surface area contributed by atoms with Crippen LogP contribution in [0.2, 0.25) is 0 Å². The molecule has 0 aliphatic heterocycles. The summed E-state index contributed by atoms with van der Waals surface area (Å²) in [6, 6.07) is 22.3. The molecule has 1 aromatic heterocycles. The summed E-state index contributed by atoms with van der Waals surface area (Å²) in [6.45, 7) is -2.48. The molecule has 0 bridgehead atoms. The minimum absolute atomic E-state index is 0.0209. The fraction of sp³-hybridized carbons (Fsp3) is 0.160. The number of rotatable bonds is 8. The van der Waals surface area contributed by atoms with Crippen LogP contribution >= 0.6 is 11.8 Å². The number of aromatic nitrogens is 2. The fourth-order valence-electron chi connectivity index (χ4n) is 3.40. The van der Waals surface area contributed by atoms with Crippen LogP contribution in [0.1, 0.15) is 5.56 Å². The van der Waals surface area contributed by atoms with Gasteiger partial charge in [0, 0.05) is 13.6 Å². The Kier molecular flexibility index (Phi) is 7.22. The first kappa shape index (κ1) is 23.4. The second-order valence-corrected chi connectivity index (χ2v) is 8.39. The summed E-state index contributed by atoms with van der Waals surface area (Å²) in [5.74, 6) is -0.0725. The smallest absolute Gasteiger partial charge is 0.387 e. The van der Waals surface area contributed by atoms with Gasteiger partial charge in [0.25, 0.3) is 5.56 Å². The van der Waals surface area contributed by atoms with E-state index in [1.807, 2.05) is 30.3 Å². The summed E-state index contributed by atoms with van der Waals surface area (Å²) in [4.78, 5) is 32.3. The zero-order valence-corrected chi connectivity index (χ0v) is 19.0. The molecule has 0 saturated heterocycles. The molecule has 0 aliphatic carbocycles. The van der Waals surface area contributed by atoms with E-state index in [4.69, 9.17) is 0 Å². The molecule has 0 unspecified atom stereocenters. The number of thioether (sulfide) groups is 1. The van der Waals surface area contributed by atoms with Crippen molar-refractivity contribution in [2.75, 3.05) is 12.8 Å². The molecule has 174 valence electrons. The van der Waals surface area contributed by atoms with Crippen LogP contribution in [-0.2, 0) is 11.3 Å². The topological polar surface area (TPSA) is 64.4 Å². The second-order valence-electron chi connectivity index (χ2n) is 7.45. The molecule has 0 N–H and O–H groups in total. The van der Waals surface area contributed by atoms with Crippen LogP contribution in [0.3, 0.4) is 0 Å². The van der Waals surface area contributed by atoms with Gasteiger partial charge in [-0.3, -0.25) is 14.2 Å². The number of carbonyl (C=O) groups is 1. The van der Waals surface area contributed by atoms with Gasteiger partial charge in [-0.2, -0.15) is 8.78 Å². The molecule has 0 saturated carbocycles. The van der Waals surface area contributed by atoms with Crippen LogP contribution in [-0.4, -0.2) is 39.8 Å². The molecule has 4 aromatic rings. The highest BCUT2D eigenvalue weighted by atomic mass is 32.2. The largest absolute Gasteiger partial charge is 0.435 e. The van der Waals surface area contributed by atoms with E-state index in [0.717, 1.165) is 17.3 Å². The average molecular weight is 482 g/mol. The summed E-state index contributed by atoms with van der Waals surface area (Å²) in [5.41, 5.74) is 1.63. The normalized spacial score (nSPS) is 11.1. The van der Waals surface area contributed by atoms with E-state index >= 15 is 0 Å². The number of nitrogens with zero attached hydrogens (tertiary/aromatic N) is 3. The SMILES string of the molecule is CN(Cc1ccccc1)C(=O)CSc1nc2ccccc2c(=O)n1-c1ccc(OC(F)F)cc1. The lowest BCUT2D eigenvalue weighted by Gasteiger charge is -2.18. The number of ether oxygens (including phenoxy) is 1. The zero-order valence-electron chi connectivity index (χ0n) is 18.2. The van der Waals surface area contributed by atoms with Gasteiger partial charge in [-0.05, 0) is 42.0 Å². The molecule has 1 heterocycles. The number of halogens is 2. The Hall–Kier alpha value is -3.72. The molecule has 0 spiro atoms. The van der Waals surface area contributed by atoms with Gasteiger partial charge in [0.15, 0.2) is 5.16 Å². The standard InChI is InChI=1S/C25H21F2N3O3S/c1-29(15-17-7-3-2-4-8-17)22(31)16-34-25-28-21-10-6-5-9-20(21)23(32)30(25)18-11-13-19(14-12-18)33-24(26)27/h2-14,24H,15-16H2,1H3. The minimum atomic E-state index is -2.94. The molecule has 34 heavy (non-hydrogen) atoms. The van der Waals surface area contributed by atoms with Crippen molar-refractivity contribution in [1.82, 2.24) is 14.5 Å². The first-order chi connectivity index (χ1) is 16.4. The van der Waals surface area contributed by atoms with Crippen LogP contribution in [0, 0.1) is 0 Å². The lowest BCUT2D eigenvalue weighted by molar-refractivity contribution is -0.127. The van der Waals surface area contributed by atoms with Crippen molar-refractivity contribution in [3.8, 4) is 11.4 Å². The lowest BCUT2D eigenvalue weighted by atomic mass is 10.2. The highest BCUT2D eigenvalue weighted by Crippen LogP contribution is 2.24. The van der Waals surface area contributed by atoms with E-state index in [0.29, 0.717) is 28.3 Å². The number of amides is 1. The predicted molar refractivity (Wildman–Crippen MR) is 128 cm³/mol. The van der Waals surface area contributed by atoms with E-state index in [2.05, 4.69) is 9.72 Å². The Bertz CT molecular complexity index is 1350. The molecule has 6 nitrogen and oxygen atoms in total. The van der Waals surface area contributed by atoms with Gasteiger partial charge in [0.1, 0.15) is 5.75 Å². The van der Waals surface area contributed by atoms with Crippen molar-refractivity contribution in [3.05, 3.63) is 94.8 Å². The van der Waals surface area contributed by atoms with Crippen molar-refractivity contribution in [2.45, 2.75) is 18.3 Å². The molecule has 1 amide bonds.